The Morgan fingerprint density at radius 2 is 2.35 bits per heavy atom. The lowest BCUT2D eigenvalue weighted by atomic mass is 9.99. The molecule has 0 bridgehead atoms. The van der Waals surface area contributed by atoms with E-state index in [9.17, 15) is 4.79 Å². The zero-order valence-electron chi connectivity index (χ0n) is 10.6. The maximum absolute atomic E-state index is 11.7. The van der Waals surface area contributed by atoms with Gasteiger partial charge in [-0.2, -0.15) is 5.10 Å². The number of nitrogens with one attached hydrogen (secondary N) is 2. The maximum Gasteiger partial charge on any atom is 0.269 e. The third kappa shape index (κ3) is 4.46. The van der Waals surface area contributed by atoms with Crippen LogP contribution in [0.1, 0.15) is 50.0 Å². The largest absolute Gasteiger partial charge is 0.382 e. The van der Waals surface area contributed by atoms with E-state index in [1.54, 1.807) is 6.07 Å². The van der Waals surface area contributed by atoms with Crippen molar-refractivity contribution >= 4 is 11.7 Å². The highest BCUT2D eigenvalue weighted by Crippen LogP contribution is 2.11. The first-order chi connectivity index (χ1) is 8.17. The highest BCUT2D eigenvalue weighted by molar-refractivity contribution is 5.92. The highest BCUT2D eigenvalue weighted by Gasteiger charge is 2.11. The molecule has 0 aromatic carbocycles. The Labute approximate surface area is 102 Å². The molecule has 0 fully saturated rings. The number of hydrogen-bond donors (Lipinski definition) is 3. The van der Waals surface area contributed by atoms with Gasteiger partial charge < -0.3 is 11.1 Å². The fourth-order valence-corrected chi connectivity index (χ4v) is 1.73. The van der Waals surface area contributed by atoms with Crippen LogP contribution in [0.15, 0.2) is 6.07 Å². The normalized spacial score (nSPS) is 12.4. The summed E-state index contributed by atoms with van der Waals surface area (Å²) in [7, 11) is 0. The summed E-state index contributed by atoms with van der Waals surface area (Å²) >= 11 is 0. The number of carbonyl (C=O) groups excluding carboxylic acids is 1. The summed E-state index contributed by atoms with van der Waals surface area (Å²) < 4.78 is 0. The topological polar surface area (TPSA) is 83.8 Å². The second-order valence-corrected chi connectivity index (χ2v) is 4.33. The van der Waals surface area contributed by atoms with Crippen molar-refractivity contribution in [3.8, 4) is 0 Å². The van der Waals surface area contributed by atoms with Gasteiger partial charge in [-0.15, -0.1) is 0 Å². The van der Waals surface area contributed by atoms with Crippen molar-refractivity contribution in [1.82, 2.24) is 15.5 Å². The molecule has 0 aliphatic rings. The number of amides is 1. The standard InChI is InChI=1S/C12H22N4O/c1-3-5-6-9(4-2)8-14-12(17)10-7-11(13)16-15-10/h7,9H,3-6,8H2,1-2H3,(H,14,17)(H3,13,15,16). The van der Waals surface area contributed by atoms with Crippen LogP contribution in [-0.2, 0) is 0 Å². The van der Waals surface area contributed by atoms with Crippen LogP contribution in [0.2, 0.25) is 0 Å². The Bertz CT molecular complexity index is 348. The molecule has 1 heterocycles. The van der Waals surface area contributed by atoms with E-state index in [2.05, 4.69) is 29.4 Å². The van der Waals surface area contributed by atoms with Crippen LogP contribution in [0.4, 0.5) is 5.82 Å². The number of nitrogens with two attached hydrogens (primary N) is 1. The molecule has 1 atom stereocenters. The molecule has 1 aromatic rings. The van der Waals surface area contributed by atoms with E-state index in [4.69, 9.17) is 5.73 Å². The lowest BCUT2D eigenvalue weighted by Crippen LogP contribution is -2.29. The van der Waals surface area contributed by atoms with Crippen molar-refractivity contribution in [2.45, 2.75) is 39.5 Å². The third-order valence-electron chi connectivity index (χ3n) is 2.94. The SMILES string of the molecule is CCCCC(CC)CNC(=O)c1cc(N)n[nH]1. The second-order valence-electron chi connectivity index (χ2n) is 4.33. The number of aromatic amines is 1. The van der Waals surface area contributed by atoms with E-state index in [0.717, 1.165) is 6.42 Å². The Morgan fingerprint density at radius 1 is 1.59 bits per heavy atom. The van der Waals surface area contributed by atoms with Crippen molar-refractivity contribution in [2.24, 2.45) is 5.92 Å². The first-order valence-corrected chi connectivity index (χ1v) is 6.26. The number of H-pyrrole nitrogens is 1. The molecule has 0 aliphatic carbocycles. The number of unbranched alkanes of at least 4 members (excludes halogenated alkanes) is 1. The molecular weight excluding hydrogens is 216 g/mol. The van der Waals surface area contributed by atoms with E-state index < -0.39 is 0 Å². The van der Waals surface area contributed by atoms with Gasteiger partial charge in [-0.3, -0.25) is 9.89 Å². The Hall–Kier alpha value is -1.52. The lowest BCUT2D eigenvalue weighted by Gasteiger charge is -2.14. The number of nitrogens with zero attached hydrogens (tertiary/aromatic N) is 1. The molecule has 0 saturated heterocycles. The van der Waals surface area contributed by atoms with Gasteiger partial charge in [-0.25, -0.2) is 0 Å². The summed E-state index contributed by atoms with van der Waals surface area (Å²) in [6.45, 7) is 5.05. The van der Waals surface area contributed by atoms with Crippen LogP contribution in [-0.4, -0.2) is 22.6 Å². The average Bonchev–Trinajstić information content (AvgIpc) is 2.76. The van der Waals surface area contributed by atoms with Gasteiger partial charge in [0.05, 0.1) is 0 Å². The molecule has 1 rings (SSSR count). The number of hydrogen-bond acceptors (Lipinski definition) is 3. The van der Waals surface area contributed by atoms with E-state index in [1.165, 1.54) is 19.3 Å². The number of anilines is 1. The van der Waals surface area contributed by atoms with Crippen LogP contribution in [0, 0.1) is 5.92 Å². The van der Waals surface area contributed by atoms with Gasteiger partial charge in [0.25, 0.3) is 5.91 Å². The quantitative estimate of drug-likeness (QED) is 0.678. The zero-order chi connectivity index (χ0) is 12.7. The van der Waals surface area contributed by atoms with Crippen LogP contribution in [0.3, 0.4) is 0 Å². The lowest BCUT2D eigenvalue weighted by molar-refractivity contribution is 0.0941. The van der Waals surface area contributed by atoms with Gasteiger partial charge in [0.2, 0.25) is 0 Å². The summed E-state index contributed by atoms with van der Waals surface area (Å²) in [6.07, 6.45) is 4.66. The van der Waals surface area contributed by atoms with E-state index in [0.29, 0.717) is 24.0 Å². The Balaban J connectivity index is 2.36. The average molecular weight is 238 g/mol. The molecule has 1 amide bonds. The van der Waals surface area contributed by atoms with Gasteiger partial charge >= 0.3 is 0 Å². The number of carbonyl (C=O) groups is 1. The van der Waals surface area contributed by atoms with Crippen molar-refractivity contribution in [2.75, 3.05) is 12.3 Å². The fourth-order valence-electron chi connectivity index (χ4n) is 1.73. The molecule has 96 valence electrons. The minimum Gasteiger partial charge on any atom is -0.382 e. The van der Waals surface area contributed by atoms with Crippen molar-refractivity contribution < 1.29 is 4.79 Å². The molecule has 0 aliphatic heterocycles. The van der Waals surface area contributed by atoms with Crippen LogP contribution >= 0.6 is 0 Å². The van der Waals surface area contributed by atoms with Crippen molar-refractivity contribution in [3.63, 3.8) is 0 Å². The van der Waals surface area contributed by atoms with Gasteiger partial charge in [0.1, 0.15) is 11.5 Å². The molecule has 0 spiro atoms. The maximum atomic E-state index is 11.7. The molecular formula is C12H22N4O. The van der Waals surface area contributed by atoms with Gasteiger partial charge in [-0.1, -0.05) is 33.1 Å². The number of nitrogen functional groups attached to an aromatic ring is 1. The van der Waals surface area contributed by atoms with Crippen molar-refractivity contribution in [3.05, 3.63) is 11.8 Å². The molecule has 0 radical (unpaired) electrons. The summed E-state index contributed by atoms with van der Waals surface area (Å²) in [5, 5.41) is 9.24. The predicted molar refractivity (Wildman–Crippen MR) is 68.6 cm³/mol. The second kappa shape index (κ2) is 6.93. The molecule has 1 unspecified atom stereocenters. The first-order valence-electron chi connectivity index (χ1n) is 6.26. The summed E-state index contributed by atoms with van der Waals surface area (Å²) in [5.74, 6) is 0.761. The molecule has 1 aromatic heterocycles. The molecule has 5 nitrogen and oxygen atoms in total. The summed E-state index contributed by atoms with van der Waals surface area (Å²) in [4.78, 5) is 11.7. The number of rotatable bonds is 7. The highest BCUT2D eigenvalue weighted by atomic mass is 16.1. The minimum atomic E-state index is -0.135. The van der Waals surface area contributed by atoms with Gasteiger partial charge in [0.15, 0.2) is 0 Å². The van der Waals surface area contributed by atoms with E-state index in [-0.39, 0.29) is 5.91 Å². The van der Waals surface area contributed by atoms with Crippen LogP contribution < -0.4 is 11.1 Å². The smallest absolute Gasteiger partial charge is 0.269 e. The van der Waals surface area contributed by atoms with Crippen LogP contribution in [0.5, 0.6) is 0 Å². The molecule has 4 N–H and O–H groups in total. The fraction of sp³-hybridized carbons (Fsp3) is 0.667. The van der Waals surface area contributed by atoms with Gasteiger partial charge in [-0.05, 0) is 12.3 Å². The molecule has 17 heavy (non-hydrogen) atoms. The van der Waals surface area contributed by atoms with E-state index >= 15 is 0 Å². The van der Waals surface area contributed by atoms with Crippen LogP contribution in [0.25, 0.3) is 0 Å². The van der Waals surface area contributed by atoms with Gasteiger partial charge in [0, 0.05) is 12.6 Å². The Morgan fingerprint density at radius 3 is 2.88 bits per heavy atom. The van der Waals surface area contributed by atoms with Crippen molar-refractivity contribution in [1.29, 1.82) is 0 Å². The summed E-state index contributed by atoms with van der Waals surface area (Å²) in [6, 6.07) is 1.54. The zero-order valence-corrected chi connectivity index (χ0v) is 10.6. The molecule has 5 heteroatoms. The summed E-state index contributed by atoms with van der Waals surface area (Å²) in [5.41, 5.74) is 5.87. The monoisotopic (exact) mass is 238 g/mol. The minimum absolute atomic E-state index is 0.135. The first kappa shape index (κ1) is 13.5. The van der Waals surface area contributed by atoms with E-state index in [1.807, 2.05) is 0 Å². The predicted octanol–water partition coefficient (Wildman–Crippen LogP) is 1.94. The molecule has 0 saturated carbocycles. The number of aromatic nitrogens is 2. The Kier molecular flexibility index (Phi) is 5.52. The third-order valence-corrected chi connectivity index (χ3v) is 2.94.